The van der Waals surface area contributed by atoms with Gasteiger partial charge in [-0.15, -0.1) is 11.3 Å². The second-order valence-electron chi connectivity index (χ2n) is 4.89. The molecule has 0 amide bonds. The highest BCUT2D eigenvalue weighted by molar-refractivity contribution is 7.80. The van der Waals surface area contributed by atoms with Crippen LogP contribution in [0.15, 0.2) is 30.3 Å². The first kappa shape index (κ1) is 17.4. The smallest absolute Gasteiger partial charge is 0.340 e. The van der Waals surface area contributed by atoms with E-state index in [1.807, 2.05) is 31.2 Å². The molecular formula is C17H20N2O2S2. The number of hydrogen-bond donors (Lipinski definition) is 2. The molecule has 2 rings (SSSR count). The largest absolute Gasteiger partial charge is 0.465 e. The zero-order chi connectivity index (χ0) is 16.8. The third-order valence-corrected chi connectivity index (χ3v) is 4.81. The lowest BCUT2D eigenvalue weighted by Gasteiger charge is -2.13. The number of anilines is 2. The third-order valence-electron chi connectivity index (χ3n) is 3.41. The molecule has 2 N–H and O–H groups in total. The number of ether oxygens (including phenoxy) is 1. The van der Waals surface area contributed by atoms with Crippen molar-refractivity contribution in [1.82, 2.24) is 0 Å². The molecule has 0 bridgehead atoms. The molecule has 0 unspecified atom stereocenters. The highest BCUT2D eigenvalue weighted by atomic mass is 32.1. The average molecular weight is 348 g/mol. The summed E-state index contributed by atoms with van der Waals surface area (Å²) < 4.78 is 4.84. The van der Waals surface area contributed by atoms with Gasteiger partial charge in [-0.2, -0.15) is 0 Å². The lowest BCUT2D eigenvalue weighted by Crippen LogP contribution is -2.20. The van der Waals surface area contributed by atoms with Crippen molar-refractivity contribution in [3.63, 3.8) is 0 Å². The van der Waals surface area contributed by atoms with E-state index in [1.54, 1.807) is 0 Å². The third kappa shape index (κ3) is 4.30. The second-order valence-corrected chi connectivity index (χ2v) is 6.44. The normalized spacial score (nSPS) is 10.2. The van der Waals surface area contributed by atoms with Crippen LogP contribution in [0.3, 0.4) is 0 Å². The topological polar surface area (TPSA) is 50.4 Å². The minimum atomic E-state index is -0.361. The Labute approximate surface area is 145 Å². The molecule has 23 heavy (non-hydrogen) atoms. The Hall–Kier alpha value is -1.92. The van der Waals surface area contributed by atoms with E-state index < -0.39 is 0 Å². The van der Waals surface area contributed by atoms with Crippen LogP contribution in [0.25, 0.3) is 0 Å². The quantitative estimate of drug-likeness (QED) is 0.617. The Morgan fingerprint density at radius 3 is 2.61 bits per heavy atom. The summed E-state index contributed by atoms with van der Waals surface area (Å²) in [7, 11) is 1.38. The van der Waals surface area contributed by atoms with Crippen LogP contribution in [0.1, 0.15) is 34.6 Å². The van der Waals surface area contributed by atoms with Crippen LogP contribution < -0.4 is 10.6 Å². The van der Waals surface area contributed by atoms with E-state index in [0.29, 0.717) is 15.7 Å². The van der Waals surface area contributed by atoms with Gasteiger partial charge in [0.2, 0.25) is 0 Å². The van der Waals surface area contributed by atoms with Gasteiger partial charge in [-0.3, -0.25) is 0 Å². The number of thiophene rings is 1. The molecule has 1 aromatic carbocycles. The summed E-state index contributed by atoms with van der Waals surface area (Å²) in [5, 5.41) is 7.48. The van der Waals surface area contributed by atoms with Gasteiger partial charge in [0.25, 0.3) is 0 Å². The van der Waals surface area contributed by atoms with Crippen molar-refractivity contribution in [3.8, 4) is 0 Å². The monoisotopic (exact) mass is 348 g/mol. The van der Waals surface area contributed by atoms with Gasteiger partial charge in [0, 0.05) is 10.6 Å². The molecule has 0 aliphatic carbocycles. The SMILES string of the molecule is CCc1cc(C(=O)OC)c(NC(=S)Nc2ccccc2CC)s1. The standard InChI is InChI=1S/C17H20N2O2S2/c1-4-11-8-6-7-9-14(11)18-17(22)19-15-13(16(20)21-3)10-12(5-2)23-15/h6-10H,4-5H2,1-3H3,(H2,18,19,22). The first-order valence-electron chi connectivity index (χ1n) is 7.45. The summed E-state index contributed by atoms with van der Waals surface area (Å²) in [5.74, 6) is -0.361. The highest BCUT2D eigenvalue weighted by Crippen LogP contribution is 2.29. The van der Waals surface area contributed by atoms with Crippen LogP contribution in [-0.2, 0) is 17.6 Å². The van der Waals surface area contributed by atoms with Crippen molar-refractivity contribution in [2.75, 3.05) is 17.7 Å². The van der Waals surface area contributed by atoms with Crippen LogP contribution in [0, 0.1) is 0 Å². The lowest BCUT2D eigenvalue weighted by atomic mass is 10.1. The van der Waals surface area contributed by atoms with Crippen LogP contribution in [0.4, 0.5) is 10.7 Å². The molecule has 0 radical (unpaired) electrons. The summed E-state index contributed by atoms with van der Waals surface area (Å²) in [6.45, 7) is 4.14. The van der Waals surface area contributed by atoms with Crippen molar-refractivity contribution in [3.05, 3.63) is 46.3 Å². The molecule has 4 nitrogen and oxygen atoms in total. The maximum Gasteiger partial charge on any atom is 0.340 e. The van der Waals surface area contributed by atoms with Gasteiger partial charge in [0.1, 0.15) is 5.00 Å². The molecule has 6 heteroatoms. The van der Waals surface area contributed by atoms with Crippen LogP contribution >= 0.6 is 23.6 Å². The number of thiocarbonyl (C=S) groups is 1. The minimum Gasteiger partial charge on any atom is -0.465 e. The molecule has 0 atom stereocenters. The number of benzene rings is 1. The number of hydrogen-bond acceptors (Lipinski definition) is 4. The summed E-state index contributed by atoms with van der Waals surface area (Å²) >= 11 is 6.90. The van der Waals surface area contributed by atoms with Crippen molar-refractivity contribution in [2.24, 2.45) is 0 Å². The molecule has 0 saturated heterocycles. The molecule has 2 aromatic rings. The van der Waals surface area contributed by atoms with Crippen molar-refractivity contribution in [2.45, 2.75) is 26.7 Å². The zero-order valence-electron chi connectivity index (χ0n) is 13.4. The van der Waals surface area contributed by atoms with Crippen molar-refractivity contribution in [1.29, 1.82) is 0 Å². The fourth-order valence-electron chi connectivity index (χ4n) is 2.18. The Bertz CT molecular complexity index is 710. The first-order valence-corrected chi connectivity index (χ1v) is 8.68. The fraction of sp³-hybridized carbons (Fsp3) is 0.294. The van der Waals surface area contributed by atoms with E-state index in [2.05, 4.69) is 23.6 Å². The Morgan fingerprint density at radius 1 is 1.22 bits per heavy atom. The van der Waals surface area contributed by atoms with Gasteiger partial charge in [-0.25, -0.2) is 4.79 Å². The lowest BCUT2D eigenvalue weighted by molar-refractivity contribution is 0.0602. The van der Waals surface area contributed by atoms with Crippen LogP contribution in [-0.4, -0.2) is 18.2 Å². The zero-order valence-corrected chi connectivity index (χ0v) is 15.1. The van der Waals surface area contributed by atoms with Gasteiger partial charge in [-0.05, 0) is 42.8 Å². The van der Waals surface area contributed by atoms with E-state index in [4.69, 9.17) is 17.0 Å². The van der Waals surface area contributed by atoms with Crippen molar-refractivity contribution < 1.29 is 9.53 Å². The summed E-state index contributed by atoms with van der Waals surface area (Å²) in [6.07, 6.45) is 1.77. The summed E-state index contributed by atoms with van der Waals surface area (Å²) in [6, 6.07) is 9.86. The maximum absolute atomic E-state index is 11.9. The number of esters is 1. The van der Waals surface area contributed by atoms with Gasteiger partial charge in [0.15, 0.2) is 5.11 Å². The number of para-hydroxylation sites is 1. The van der Waals surface area contributed by atoms with Gasteiger partial charge in [-0.1, -0.05) is 32.0 Å². The van der Waals surface area contributed by atoms with Crippen molar-refractivity contribution >= 4 is 45.3 Å². The van der Waals surface area contributed by atoms with E-state index >= 15 is 0 Å². The molecule has 0 saturated carbocycles. The second kappa shape index (κ2) is 8.08. The number of methoxy groups -OCH3 is 1. The number of carbonyl (C=O) groups is 1. The molecule has 0 fully saturated rings. The fourth-order valence-corrected chi connectivity index (χ4v) is 3.44. The predicted molar refractivity (Wildman–Crippen MR) is 101 cm³/mol. The predicted octanol–water partition coefficient (Wildman–Crippen LogP) is 4.47. The summed E-state index contributed by atoms with van der Waals surface area (Å²) in [5.41, 5.74) is 2.67. The molecular weight excluding hydrogens is 328 g/mol. The number of aryl methyl sites for hydroxylation is 2. The molecule has 0 spiro atoms. The van der Waals surface area contributed by atoms with Gasteiger partial charge in [0.05, 0.1) is 12.7 Å². The number of nitrogens with one attached hydrogen (secondary N) is 2. The van der Waals surface area contributed by atoms with Gasteiger partial charge >= 0.3 is 5.97 Å². The molecule has 1 aromatic heterocycles. The van der Waals surface area contributed by atoms with Gasteiger partial charge < -0.3 is 15.4 Å². The van der Waals surface area contributed by atoms with E-state index in [9.17, 15) is 4.79 Å². The molecule has 122 valence electrons. The molecule has 1 heterocycles. The number of rotatable bonds is 5. The maximum atomic E-state index is 11.9. The average Bonchev–Trinajstić information content (AvgIpc) is 2.97. The van der Waals surface area contributed by atoms with E-state index in [1.165, 1.54) is 24.0 Å². The molecule has 0 aliphatic rings. The first-order chi connectivity index (χ1) is 11.1. The molecule has 0 aliphatic heterocycles. The summed E-state index contributed by atoms with van der Waals surface area (Å²) in [4.78, 5) is 13.0. The van der Waals surface area contributed by atoms with E-state index in [-0.39, 0.29) is 5.97 Å². The number of carbonyl (C=O) groups excluding carboxylic acids is 1. The highest BCUT2D eigenvalue weighted by Gasteiger charge is 2.17. The van der Waals surface area contributed by atoms with Crippen LogP contribution in [0.2, 0.25) is 0 Å². The Kier molecular flexibility index (Phi) is 6.12. The minimum absolute atomic E-state index is 0.361. The Morgan fingerprint density at radius 2 is 1.96 bits per heavy atom. The van der Waals surface area contributed by atoms with Crippen LogP contribution in [0.5, 0.6) is 0 Å². The van der Waals surface area contributed by atoms with E-state index in [0.717, 1.165) is 23.4 Å². The Balaban J connectivity index is 2.17.